The molecule has 0 spiro atoms. The monoisotopic (exact) mass is 395 g/mol. The van der Waals surface area contributed by atoms with Crippen molar-refractivity contribution in [1.82, 2.24) is 10.3 Å². The van der Waals surface area contributed by atoms with Crippen molar-refractivity contribution in [2.75, 3.05) is 31.2 Å². The Balaban J connectivity index is 1.34. The summed E-state index contributed by atoms with van der Waals surface area (Å²) < 4.78 is 5.38. The number of anilines is 1. The second-order valence-corrected chi connectivity index (χ2v) is 7.39. The fraction of sp³-hybridized carbons (Fsp3) is 0.238. The molecule has 4 rings (SSSR count). The zero-order valence-corrected chi connectivity index (χ0v) is 16.1. The van der Waals surface area contributed by atoms with Crippen molar-refractivity contribution in [2.45, 2.75) is 6.54 Å². The average Bonchev–Trinajstić information content (AvgIpc) is 3.24. The second-order valence-electron chi connectivity index (χ2n) is 6.53. The molecule has 7 heteroatoms. The number of benzene rings is 2. The van der Waals surface area contributed by atoms with Crippen molar-refractivity contribution < 1.29 is 14.6 Å². The van der Waals surface area contributed by atoms with Gasteiger partial charge in [0, 0.05) is 36.3 Å². The van der Waals surface area contributed by atoms with E-state index in [0.29, 0.717) is 12.2 Å². The van der Waals surface area contributed by atoms with Crippen LogP contribution < -0.4 is 10.2 Å². The van der Waals surface area contributed by atoms with E-state index in [1.807, 2.05) is 12.1 Å². The molecule has 28 heavy (non-hydrogen) atoms. The molecule has 1 aromatic heterocycles. The van der Waals surface area contributed by atoms with Crippen molar-refractivity contribution in [3.8, 4) is 16.3 Å². The topological polar surface area (TPSA) is 74.7 Å². The Morgan fingerprint density at radius 2 is 1.82 bits per heavy atom. The predicted octanol–water partition coefficient (Wildman–Crippen LogP) is 3.28. The Labute approximate surface area is 167 Å². The first-order valence-electron chi connectivity index (χ1n) is 9.14. The van der Waals surface area contributed by atoms with Gasteiger partial charge in [-0.25, -0.2) is 4.98 Å². The summed E-state index contributed by atoms with van der Waals surface area (Å²) in [7, 11) is 0. The lowest BCUT2D eigenvalue weighted by Crippen LogP contribution is -2.36. The minimum atomic E-state index is -0.196. The number of hydrogen-bond donors (Lipinski definition) is 2. The number of morpholine rings is 1. The van der Waals surface area contributed by atoms with E-state index in [-0.39, 0.29) is 11.7 Å². The summed E-state index contributed by atoms with van der Waals surface area (Å²) in [6.45, 7) is 3.79. The van der Waals surface area contributed by atoms with E-state index in [2.05, 4.69) is 27.3 Å². The Morgan fingerprint density at radius 1 is 1.11 bits per heavy atom. The van der Waals surface area contributed by atoms with Crippen LogP contribution >= 0.6 is 11.3 Å². The molecular weight excluding hydrogens is 374 g/mol. The summed E-state index contributed by atoms with van der Waals surface area (Å²) in [5.74, 6) is 0.0106. The molecule has 0 saturated carbocycles. The molecule has 1 saturated heterocycles. The lowest BCUT2D eigenvalue weighted by Gasteiger charge is -2.28. The molecule has 1 amide bonds. The Kier molecular flexibility index (Phi) is 5.55. The van der Waals surface area contributed by atoms with Gasteiger partial charge in [0.1, 0.15) is 16.5 Å². The van der Waals surface area contributed by atoms with Gasteiger partial charge in [0.2, 0.25) is 0 Å². The number of hydrogen-bond acceptors (Lipinski definition) is 6. The second kappa shape index (κ2) is 8.41. The van der Waals surface area contributed by atoms with Crippen molar-refractivity contribution in [2.24, 2.45) is 0 Å². The summed E-state index contributed by atoms with van der Waals surface area (Å²) in [5.41, 5.74) is 3.49. The van der Waals surface area contributed by atoms with Gasteiger partial charge in [-0.05, 0) is 42.0 Å². The molecule has 0 radical (unpaired) electrons. The molecule has 1 fully saturated rings. The molecule has 0 unspecified atom stereocenters. The van der Waals surface area contributed by atoms with Crippen LogP contribution in [0.2, 0.25) is 0 Å². The van der Waals surface area contributed by atoms with E-state index < -0.39 is 0 Å². The van der Waals surface area contributed by atoms with Crippen LogP contribution in [0.15, 0.2) is 53.9 Å². The third kappa shape index (κ3) is 4.32. The number of nitrogens with one attached hydrogen (secondary N) is 1. The van der Waals surface area contributed by atoms with Crippen molar-refractivity contribution >= 4 is 22.9 Å². The lowest BCUT2D eigenvalue weighted by atomic mass is 10.2. The van der Waals surface area contributed by atoms with Crippen LogP contribution in [0.5, 0.6) is 5.75 Å². The number of phenols is 1. The third-order valence-corrected chi connectivity index (χ3v) is 5.51. The third-order valence-electron chi connectivity index (χ3n) is 4.62. The molecule has 2 aromatic carbocycles. The Bertz CT molecular complexity index is 932. The number of aromatic hydroxyl groups is 1. The zero-order valence-electron chi connectivity index (χ0n) is 15.3. The molecule has 0 atom stereocenters. The number of nitrogens with zero attached hydrogens (tertiary/aromatic N) is 2. The number of rotatable bonds is 5. The minimum Gasteiger partial charge on any atom is -0.508 e. The van der Waals surface area contributed by atoms with Gasteiger partial charge in [-0.15, -0.1) is 11.3 Å². The summed E-state index contributed by atoms with van der Waals surface area (Å²) in [6.07, 6.45) is 0. The molecule has 144 valence electrons. The minimum absolute atomic E-state index is 0.196. The normalized spacial score (nSPS) is 14.1. The molecule has 0 bridgehead atoms. The maximum absolute atomic E-state index is 12.4. The summed E-state index contributed by atoms with van der Waals surface area (Å²) in [4.78, 5) is 19.1. The lowest BCUT2D eigenvalue weighted by molar-refractivity contribution is 0.0946. The smallest absolute Gasteiger partial charge is 0.271 e. The first-order chi connectivity index (χ1) is 13.7. The van der Waals surface area contributed by atoms with Crippen LogP contribution in [0.3, 0.4) is 0 Å². The van der Waals surface area contributed by atoms with Crippen LogP contribution in [0.25, 0.3) is 10.6 Å². The number of thiazole rings is 1. The molecule has 2 N–H and O–H groups in total. The van der Waals surface area contributed by atoms with E-state index in [0.717, 1.165) is 42.4 Å². The molecule has 3 aromatic rings. The standard InChI is InChI=1S/C21H21N3O3S/c25-18-7-3-16(4-8-18)21-23-19(14-28-21)20(26)22-13-15-1-5-17(6-2-15)24-9-11-27-12-10-24/h1-8,14,25H,9-13H2,(H,22,26). The van der Waals surface area contributed by atoms with Gasteiger partial charge in [-0.3, -0.25) is 4.79 Å². The number of phenolic OH excluding ortho intramolecular Hbond substituents is 1. The van der Waals surface area contributed by atoms with Gasteiger partial charge in [0.15, 0.2) is 0 Å². The number of amides is 1. The first kappa shape index (κ1) is 18.5. The highest BCUT2D eigenvalue weighted by atomic mass is 32.1. The van der Waals surface area contributed by atoms with Gasteiger partial charge in [0.05, 0.1) is 13.2 Å². The summed E-state index contributed by atoms with van der Waals surface area (Å²) >= 11 is 1.41. The molecule has 1 aliphatic rings. The summed E-state index contributed by atoms with van der Waals surface area (Å²) in [5, 5.41) is 14.8. The van der Waals surface area contributed by atoms with Gasteiger partial charge >= 0.3 is 0 Å². The van der Waals surface area contributed by atoms with E-state index in [4.69, 9.17) is 4.74 Å². The van der Waals surface area contributed by atoms with Crippen LogP contribution in [-0.2, 0) is 11.3 Å². The Hall–Kier alpha value is -2.90. The molecular formula is C21H21N3O3S. The van der Waals surface area contributed by atoms with E-state index >= 15 is 0 Å². The van der Waals surface area contributed by atoms with Crippen molar-refractivity contribution in [3.05, 3.63) is 65.2 Å². The highest BCUT2D eigenvalue weighted by Gasteiger charge is 2.13. The fourth-order valence-electron chi connectivity index (χ4n) is 3.03. The highest BCUT2D eigenvalue weighted by Crippen LogP contribution is 2.25. The zero-order chi connectivity index (χ0) is 19.3. The van der Waals surface area contributed by atoms with Gasteiger partial charge in [-0.1, -0.05) is 12.1 Å². The number of ether oxygens (including phenoxy) is 1. The van der Waals surface area contributed by atoms with Crippen LogP contribution in [0, 0.1) is 0 Å². The van der Waals surface area contributed by atoms with Gasteiger partial charge in [0.25, 0.3) is 5.91 Å². The van der Waals surface area contributed by atoms with Crippen molar-refractivity contribution in [1.29, 1.82) is 0 Å². The van der Waals surface area contributed by atoms with E-state index in [1.165, 1.54) is 17.0 Å². The van der Waals surface area contributed by atoms with Crippen LogP contribution in [0.4, 0.5) is 5.69 Å². The predicted molar refractivity (Wildman–Crippen MR) is 110 cm³/mol. The van der Waals surface area contributed by atoms with E-state index in [9.17, 15) is 9.90 Å². The maximum atomic E-state index is 12.4. The Morgan fingerprint density at radius 3 is 2.54 bits per heavy atom. The number of carbonyl (C=O) groups excluding carboxylic acids is 1. The average molecular weight is 395 g/mol. The SMILES string of the molecule is O=C(NCc1ccc(N2CCOCC2)cc1)c1csc(-c2ccc(O)cc2)n1. The largest absolute Gasteiger partial charge is 0.508 e. The first-order valence-corrected chi connectivity index (χ1v) is 10.0. The molecule has 2 heterocycles. The number of carbonyl (C=O) groups is 1. The van der Waals surface area contributed by atoms with Crippen LogP contribution in [0.1, 0.15) is 16.1 Å². The number of aromatic nitrogens is 1. The molecule has 1 aliphatic heterocycles. The van der Waals surface area contributed by atoms with Crippen LogP contribution in [-0.4, -0.2) is 42.3 Å². The fourth-order valence-corrected chi connectivity index (χ4v) is 3.84. The van der Waals surface area contributed by atoms with Crippen molar-refractivity contribution in [3.63, 3.8) is 0 Å². The van der Waals surface area contributed by atoms with Gasteiger partial charge < -0.3 is 20.1 Å². The molecule has 6 nitrogen and oxygen atoms in total. The maximum Gasteiger partial charge on any atom is 0.271 e. The van der Waals surface area contributed by atoms with Gasteiger partial charge in [-0.2, -0.15) is 0 Å². The van der Waals surface area contributed by atoms with E-state index in [1.54, 1.807) is 29.6 Å². The summed E-state index contributed by atoms with van der Waals surface area (Å²) in [6, 6.07) is 15.0. The molecule has 0 aliphatic carbocycles. The highest BCUT2D eigenvalue weighted by molar-refractivity contribution is 7.13. The quantitative estimate of drug-likeness (QED) is 0.694.